The molecule has 0 radical (unpaired) electrons. The van der Waals surface area contributed by atoms with Crippen molar-refractivity contribution in [3.63, 3.8) is 0 Å². The van der Waals surface area contributed by atoms with Gasteiger partial charge < -0.3 is 0 Å². The van der Waals surface area contributed by atoms with Gasteiger partial charge in [0.25, 0.3) is 0 Å². The number of hydrogen-bond donors (Lipinski definition) is 1. The summed E-state index contributed by atoms with van der Waals surface area (Å²) in [6.45, 7) is 1.99. The molecule has 78 valence electrons. The number of nitrogens with zero attached hydrogens (tertiary/aromatic N) is 3. The highest BCUT2D eigenvalue weighted by Gasteiger charge is 2.24. The molecule has 0 saturated carbocycles. The predicted octanol–water partition coefficient (Wildman–Crippen LogP) is 0.740. The van der Waals surface area contributed by atoms with Crippen LogP contribution in [0.4, 0.5) is 5.69 Å². The first-order valence-electron chi connectivity index (χ1n) is 4.83. The van der Waals surface area contributed by atoms with E-state index in [0.717, 1.165) is 24.2 Å². The molecule has 2 rings (SSSR count). The minimum atomic E-state index is -0.482. The molecule has 0 fully saturated rings. The Morgan fingerprint density at radius 3 is 3.13 bits per heavy atom. The van der Waals surface area contributed by atoms with Crippen LogP contribution >= 0.6 is 0 Å². The highest BCUT2D eigenvalue weighted by atomic mass is 16.1. The number of anilines is 1. The molecule has 0 bridgehead atoms. The van der Waals surface area contributed by atoms with Gasteiger partial charge in [0.05, 0.1) is 11.9 Å². The van der Waals surface area contributed by atoms with Gasteiger partial charge in [-0.25, -0.2) is 4.99 Å². The van der Waals surface area contributed by atoms with Crippen LogP contribution in [0.15, 0.2) is 29.5 Å². The summed E-state index contributed by atoms with van der Waals surface area (Å²) in [6, 6.07) is 3.70. The highest BCUT2D eigenvalue weighted by Crippen LogP contribution is 2.16. The third-order valence-corrected chi connectivity index (χ3v) is 2.18. The largest absolute Gasteiger partial charge is 0.299 e. The molecule has 0 aromatic carbocycles. The molecule has 2 heterocycles. The average Bonchev–Trinajstić information content (AvgIpc) is 2.73. The number of hydrogen-bond acceptors (Lipinski definition) is 5. The molecule has 1 unspecified atom stereocenters. The van der Waals surface area contributed by atoms with Gasteiger partial charge in [0, 0.05) is 12.6 Å². The molecule has 0 amide bonds. The second-order valence-electron chi connectivity index (χ2n) is 3.17. The first-order chi connectivity index (χ1) is 7.35. The quantitative estimate of drug-likeness (QED) is 0.738. The lowest BCUT2D eigenvalue weighted by Crippen LogP contribution is -2.41. The van der Waals surface area contributed by atoms with Gasteiger partial charge in [-0.3, -0.25) is 20.2 Å². The van der Waals surface area contributed by atoms with Crippen molar-refractivity contribution in [2.45, 2.75) is 19.5 Å². The van der Waals surface area contributed by atoms with Gasteiger partial charge in [0.2, 0.25) is 0 Å². The minimum absolute atomic E-state index is 0.482. The van der Waals surface area contributed by atoms with Crippen LogP contribution in [-0.2, 0) is 4.79 Å². The van der Waals surface area contributed by atoms with Crippen molar-refractivity contribution in [1.82, 2.24) is 10.4 Å². The van der Waals surface area contributed by atoms with E-state index in [-0.39, 0.29) is 0 Å². The van der Waals surface area contributed by atoms with Crippen molar-refractivity contribution in [1.29, 1.82) is 0 Å². The summed E-state index contributed by atoms with van der Waals surface area (Å²) in [5.41, 5.74) is 3.90. The minimum Gasteiger partial charge on any atom is -0.299 e. The van der Waals surface area contributed by atoms with E-state index < -0.39 is 6.17 Å². The number of amidine groups is 1. The van der Waals surface area contributed by atoms with E-state index in [1.807, 2.05) is 19.1 Å². The van der Waals surface area contributed by atoms with Crippen molar-refractivity contribution < 1.29 is 4.79 Å². The summed E-state index contributed by atoms with van der Waals surface area (Å²) < 4.78 is 0. The zero-order valence-corrected chi connectivity index (χ0v) is 8.42. The number of carbonyl (C=O) groups excluding carboxylic acids is 1. The second-order valence-corrected chi connectivity index (χ2v) is 3.17. The van der Waals surface area contributed by atoms with Crippen LogP contribution in [0.25, 0.3) is 0 Å². The number of rotatable bonds is 3. The number of aromatic nitrogens is 1. The summed E-state index contributed by atoms with van der Waals surface area (Å²) >= 11 is 0. The predicted molar refractivity (Wildman–Crippen MR) is 57.4 cm³/mol. The van der Waals surface area contributed by atoms with Gasteiger partial charge in [0.1, 0.15) is 5.84 Å². The number of aldehydes is 1. The van der Waals surface area contributed by atoms with Gasteiger partial charge in [-0.05, 0) is 12.1 Å². The van der Waals surface area contributed by atoms with Crippen molar-refractivity contribution in [2.75, 3.05) is 5.01 Å². The van der Waals surface area contributed by atoms with Gasteiger partial charge in [-0.1, -0.05) is 6.92 Å². The number of carbonyl (C=O) groups is 1. The average molecular weight is 204 g/mol. The van der Waals surface area contributed by atoms with Gasteiger partial charge in [-0.15, -0.1) is 0 Å². The van der Waals surface area contributed by atoms with E-state index in [1.54, 1.807) is 17.4 Å². The molecule has 1 atom stereocenters. The van der Waals surface area contributed by atoms with Crippen LogP contribution in [-0.4, -0.2) is 23.3 Å². The number of hydrazine groups is 1. The molecule has 1 aromatic heterocycles. The molecule has 0 spiro atoms. The molecule has 1 aromatic rings. The van der Waals surface area contributed by atoms with E-state index in [9.17, 15) is 4.79 Å². The summed E-state index contributed by atoms with van der Waals surface area (Å²) in [6.07, 6.45) is 4.49. The summed E-state index contributed by atoms with van der Waals surface area (Å²) in [5.74, 6) is 0.816. The maximum atomic E-state index is 10.8. The SMILES string of the molecule is CCC1=NC(C=O)N(c2cccnc2)N1. The molecule has 1 N–H and O–H groups in total. The smallest absolute Gasteiger partial charge is 0.197 e. The van der Waals surface area contributed by atoms with Crippen molar-refractivity contribution in [3.8, 4) is 0 Å². The Balaban J connectivity index is 2.22. The molecule has 5 nitrogen and oxygen atoms in total. The van der Waals surface area contributed by atoms with E-state index in [4.69, 9.17) is 0 Å². The molecular formula is C10H12N4O. The Hall–Kier alpha value is -1.91. The van der Waals surface area contributed by atoms with Gasteiger partial charge >= 0.3 is 0 Å². The fraction of sp³-hybridized carbons (Fsp3) is 0.300. The van der Waals surface area contributed by atoms with E-state index in [2.05, 4.69) is 15.4 Å². The fourth-order valence-electron chi connectivity index (χ4n) is 1.43. The maximum Gasteiger partial charge on any atom is 0.197 e. The highest BCUT2D eigenvalue weighted by molar-refractivity contribution is 5.89. The van der Waals surface area contributed by atoms with E-state index >= 15 is 0 Å². The molecular weight excluding hydrogens is 192 g/mol. The Labute approximate surface area is 87.8 Å². The van der Waals surface area contributed by atoms with Crippen LogP contribution < -0.4 is 10.4 Å². The Bertz CT molecular complexity index is 376. The van der Waals surface area contributed by atoms with Crippen LogP contribution in [0.3, 0.4) is 0 Å². The zero-order chi connectivity index (χ0) is 10.7. The summed E-state index contributed by atoms with van der Waals surface area (Å²) in [4.78, 5) is 19.1. The molecule has 0 aliphatic carbocycles. The van der Waals surface area contributed by atoms with Gasteiger partial charge in [0.15, 0.2) is 12.5 Å². The lowest BCUT2D eigenvalue weighted by molar-refractivity contribution is -0.108. The normalized spacial score (nSPS) is 19.7. The van der Waals surface area contributed by atoms with Crippen LogP contribution in [0.5, 0.6) is 0 Å². The number of aliphatic imine (C=N–C) groups is 1. The zero-order valence-electron chi connectivity index (χ0n) is 8.42. The third kappa shape index (κ3) is 1.81. The Morgan fingerprint density at radius 2 is 2.53 bits per heavy atom. The molecule has 1 aliphatic heterocycles. The number of nitrogens with one attached hydrogen (secondary N) is 1. The lowest BCUT2D eigenvalue weighted by atomic mass is 10.4. The van der Waals surface area contributed by atoms with Crippen LogP contribution in [0.2, 0.25) is 0 Å². The van der Waals surface area contributed by atoms with Crippen molar-refractivity contribution in [3.05, 3.63) is 24.5 Å². The Morgan fingerprint density at radius 1 is 1.67 bits per heavy atom. The van der Waals surface area contributed by atoms with Crippen molar-refractivity contribution in [2.24, 2.45) is 4.99 Å². The maximum absolute atomic E-state index is 10.8. The van der Waals surface area contributed by atoms with E-state index in [1.165, 1.54) is 0 Å². The second kappa shape index (κ2) is 4.08. The molecule has 1 aliphatic rings. The third-order valence-electron chi connectivity index (χ3n) is 2.18. The molecule has 5 heteroatoms. The molecule has 0 saturated heterocycles. The number of pyridine rings is 1. The summed E-state index contributed by atoms with van der Waals surface area (Å²) in [7, 11) is 0. The standard InChI is InChI=1S/C10H12N4O/c1-2-9-12-10(7-15)14(13-9)8-4-3-5-11-6-8/h3-7,10H,2H2,1H3,(H,12,13). The van der Waals surface area contributed by atoms with Crippen LogP contribution in [0, 0.1) is 0 Å². The van der Waals surface area contributed by atoms with Crippen LogP contribution in [0.1, 0.15) is 13.3 Å². The van der Waals surface area contributed by atoms with E-state index in [0.29, 0.717) is 0 Å². The van der Waals surface area contributed by atoms with Crippen molar-refractivity contribution >= 4 is 17.8 Å². The first kappa shape index (κ1) is 9.64. The summed E-state index contributed by atoms with van der Waals surface area (Å²) in [5, 5.41) is 1.71. The first-order valence-corrected chi connectivity index (χ1v) is 4.83. The van der Waals surface area contributed by atoms with Gasteiger partial charge in [-0.2, -0.15) is 0 Å². The monoisotopic (exact) mass is 204 g/mol. The Kier molecular flexibility index (Phi) is 2.62. The lowest BCUT2D eigenvalue weighted by Gasteiger charge is -2.21. The topological polar surface area (TPSA) is 57.6 Å². The fourth-order valence-corrected chi connectivity index (χ4v) is 1.43. The molecule has 15 heavy (non-hydrogen) atoms.